The first-order chi connectivity index (χ1) is 14.1. The summed E-state index contributed by atoms with van der Waals surface area (Å²) in [7, 11) is 3.67. The number of amides is 1. The van der Waals surface area contributed by atoms with E-state index in [0.29, 0.717) is 24.2 Å². The van der Waals surface area contributed by atoms with Gasteiger partial charge in [-0.25, -0.2) is 0 Å². The third kappa shape index (κ3) is 5.36. The molecule has 156 valence electrons. The maximum absolute atomic E-state index is 13.3. The van der Waals surface area contributed by atoms with Crippen LogP contribution in [-0.4, -0.2) is 52.7 Å². The van der Waals surface area contributed by atoms with Crippen molar-refractivity contribution < 1.29 is 14.6 Å². The Morgan fingerprint density at radius 2 is 1.80 bits per heavy atom. The van der Waals surface area contributed by atoms with Gasteiger partial charge in [-0.15, -0.1) is 0 Å². The lowest BCUT2D eigenvalue weighted by Crippen LogP contribution is -2.36. The Labute approximate surface area is 173 Å². The quantitative estimate of drug-likeness (QED) is 0.481. The molecule has 0 radical (unpaired) electrons. The molecule has 30 heavy (non-hydrogen) atoms. The molecule has 10 heteroatoms. The minimum absolute atomic E-state index is 0.0660. The molecule has 0 aliphatic carbocycles. The van der Waals surface area contributed by atoms with Crippen LogP contribution in [0.4, 0.5) is 11.4 Å². The Balaban J connectivity index is 2.50. The summed E-state index contributed by atoms with van der Waals surface area (Å²) in [6.07, 6.45) is 0. The summed E-state index contributed by atoms with van der Waals surface area (Å²) in [5, 5.41) is 31.7. The van der Waals surface area contributed by atoms with Crippen molar-refractivity contribution in [3.8, 4) is 6.07 Å². The Morgan fingerprint density at radius 1 is 1.10 bits per heavy atom. The van der Waals surface area contributed by atoms with Crippen molar-refractivity contribution in [1.29, 1.82) is 5.26 Å². The van der Waals surface area contributed by atoms with Crippen molar-refractivity contribution in [2.75, 3.05) is 27.2 Å². The summed E-state index contributed by atoms with van der Waals surface area (Å²) in [4.78, 5) is 37.7. The lowest BCUT2D eigenvalue weighted by molar-refractivity contribution is -0.394. The van der Waals surface area contributed by atoms with Gasteiger partial charge in [0.15, 0.2) is 0 Å². The summed E-state index contributed by atoms with van der Waals surface area (Å²) in [5.74, 6) is -0.552. The zero-order chi connectivity index (χ0) is 22.4. The summed E-state index contributed by atoms with van der Waals surface area (Å²) < 4.78 is 0. The number of carbonyl (C=O) groups is 1. The minimum Gasteiger partial charge on any atom is -0.333 e. The van der Waals surface area contributed by atoms with Crippen molar-refractivity contribution in [2.24, 2.45) is 0 Å². The highest BCUT2D eigenvalue weighted by atomic mass is 16.6. The third-order valence-corrected chi connectivity index (χ3v) is 4.54. The van der Waals surface area contributed by atoms with Gasteiger partial charge < -0.3 is 9.80 Å². The molecule has 2 aromatic rings. The Hall–Kier alpha value is -3.84. The van der Waals surface area contributed by atoms with Crippen molar-refractivity contribution in [2.45, 2.75) is 13.5 Å². The topological polar surface area (TPSA) is 134 Å². The van der Waals surface area contributed by atoms with Crippen molar-refractivity contribution in [1.82, 2.24) is 9.80 Å². The van der Waals surface area contributed by atoms with Gasteiger partial charge in [0.05, 0.1) is 33.1 Å². The van der Waals surface area contributed by atoms with Gasteiger partial charge in [0, 0.05) is 31.3 Å². The smallest absolute Gasteiger partial charge is 0.279 e. The van der Waals surface area contributed by atoms with Gasteiger partial charge in [-0.1, -0.05) is 12.1 Å². The van der Waals surface area contributed by atoms with E-state index in [1.807, 2.05) is 25.1 Å². The Kier molecular flexibility index (Phi) is 7.17. The van der Waals surface area contributed by atoms with E-state index >= 15 is 0 Å². The fourth-order valence-corrected chi connectivity index (χ4v) is 2.90. The molecule has 2 rings (SSSR count). The molecule has 0 bridgehead atoms. The maximum atomic E-state index is 13.3. The molecule has 0 aromatic heterocycles. The molecular weight excluding hydrogens is 390 g/mol. The number of carbonyl (C=O) groups excluding carboxylic acids is 1. The average Bonchev–Trinajstić information content (AvgIpc) is 2.70. The average molecular weight is 411 g/mol. The van der Waals surface area contributed by atoms with Crippen LogP contribution in [0.1, 0.15) is 27.0 Å². The Morgan fingerprint density at radius 3 is 2.37 bits per heavy atom. The predicted octanol–water partition coefficient (Wildman–Crippen LogP) is 2.89. The number of likely N-dealkylation sites (N-methyl/N-ethyl adjacent to an activating group) is 1. The second-order valence-corrected chi connectivity index (χ2v) is 6.99. The largest absolute Gasteiger partial charge is 0.333 e. The highest BCUT2D eigenvalue weighted by Crippen LogP contribution is 2.29. The van der Waals surface area contributed by atoms with Gasteiger partial charge in [-0.3, -0.25) is 25.0 Å². The van der Waals surface area contributed by atoms with Crippen molar-refractivity contribution in [3.63, 3.8) is 0 Å². The van der Waals surface area contributed by atoms with Crippen LogP contribution >= 0.6 is 0 Å². The van der Waals surface area contributed by atoms with E-state index < -0.39 is 27.1 Å². The summed E-state index contributed by atoms with van der Waals surface area (Å²) >= 11 is 0. The van der Waals surface area contributed by atoms with Crippen LogP contribution in [0.2, 0.25) is 0 Å². The fourth-order valence-electron chi connectivity index (χ4n) is 2.90. The van der Waals surface area contributed by atoms with Crippen LogP contribution in [0.15, 0.2) is 36.4 Å². The molecule has 0 unspecified atom stereocenters. The normalized spacial score (nSPS) is 10.5. The van der Waals surface area contributed by atoms with Gasteiger partial charge in [0.25, 0.3) is 17.3 Å². The van der Waals surface area contributed by atoms with Crippen LogP contribution in [0.25, 0.3) is 0 Å². The first-order valence-corrected chi connectivity index (χ1v) is 9.00. The number of non-ortho nitro benzene ring substituents is 1. The highest BCUT2D eigenvalue weighted by molar-refractivity contribution is 5.97. The van der Waals surface area contributed by atoms with Crippen molar-refractivity contribution in [3.05, 3.63) is 78.9 Å². The maximum Gasteiger partial charge on any atom is 0.279 e. The van der Waals surface area contributed by atoms with Crippen LogP contribution in [-0.2, 0) is 6.54 Å². The van der Waals surface area contributed by atoms with Crippen LogP contribution in [0.3, 0.4) is 0 Å². The van der Waals surface area contributed by atoms with Gasteiger partial charge in [-0.05, 0) is 38.7 Å². The zero-order valence-electron chi connectivity index (χ0n) is 16.9. The van der Waals surface area contributed by atoms with Crippen LogP contribution in [0.5, 0.6) is 0 Å². The number of nitrogens with zero attached hydrogens (tertiary/aromatic N) is 5. The van der Waals surface area contributed by atoms with E-state index in [1.54, 1.807) is 24.3 Å². The van der Waals surface area contributed by atoms with E-state index in [2.05, 4.69) is 0 Å². The predicted molar refractivity (Wildman–Crippen MR) is 109 cm³/mol. The van der Waals surface area contributed by atoms with Crippen molar-refractivity contribution >= 4 is 17.3 Å². The fraction of sp³-hybridized carbons (Fsp3) is 0.300. The number of nitro benzene ring substituents is 2. The summed E-state index contributed by atoms with van der Waals surface area (Å²) in [6.45, 7) is 2.35. The SMILES string of the molecule is Cc1c(C(=O)N(CCN(C)C)Cc2cccc(C#N)c2)cc([N+](=O)[O-])cc1[N+](=O)[O-]. The molecule has 0 spiro atoms. The lowest BCUT2D eigenvalue weighted by atomic mass is 10.0. The standard InChI is InChI=1S/C20H21N5O5/c1-14-18(10-17(24(27)28)11-19(14)25(29)30)20(26)23(8-7-22(2)3)13-16-6-4-5-15(9-16)12-21/h4-6,9-11H,7-8,13H2,1-3H3. The van der Waals surface area contributed by atoms with Gasteiger partial charge in [-0.2, -0.15) is 5.26 Å². The third-order valence-electron chi connectivity index (χ3n) is 4.54. The molecule has 0 aliphatic heterocycles. The molecule has 0 saturated heterocycles. The van der Waals surface area contributed by atoms with Gasteiger partial charge in [0.1, 0.15) is 0 Å². The van der Waals surface area contributed by atoms with Crippen LogP contribution in [0, 0.1) is 38.5 Å². The van der Waals surface area contributed by atoms with E-state index in [4.69, 9.17) is 5.26 Å². The summed E-state index contributed by atoms with van der Waals surface area (Å²) in [6, 6.07) is 10.7. The number of nitro groups is 2. The van der Waals surface area contributed by atoms with E-state index in [1.165, 1.54) is 11.8 Å². The number of nitriles is 1. The molecule has 0 N–H and O–H groups in total. The number of hydrogen-bond acceptors (Lipinski definition) is 7. The summed E-state index contributed by atoms with van der Waals surface area (Å²) in [5.41, 5.74) is 0.122. The molecule has 10 nitrogen and oxygen atoms in total. The molecular formula is C20H21N5O5. The first-order valence-electron chi connectivity index (χ1n) is 9.00. The number of rotatable bonds is 8. The lowest BCUT2D eigenvalue weighted by Gasteiger charge is -2.25. The first kappa shape index (κ1) is 22.4. The van der Waals surface area contributed by atoms with E-state index in [9.17, 15) is 25.0 Å². The van der Waals surface area contributed by atoms with E-state index in [0.717, 1.165) is 12.1 Å². The zero-order valence-corrected chi connectivity index (χ0v) is 16.9. The molecule has 0 atom stereocenters. The second kappa shape index (κ2) is 9.58. The minimum atomic E-state index is -0.760. The number of benzene rings is 2. The molecule has 1 amide bonds. The number of hydrogen-bond donors (Lipinski definition) is 0. The molecule has 2 aromatic carbocycles. The molecule has 0 aliphatic rings. The molecule has 0 heterocycles. The molecule has 0 saturated carbocycles. The monoisotopic (exact) mass is 411 g/mol. The second-order valence-electron chi connectivity index (χ2n) is 6.99. The molecule has 0 fully saturated rings. The van der Waals surface area contributed by atoms with Gasteiger partial charge in [0.2, 0.25) is 0 Å². The Bertz CT molecular complexity index is 1030. The highest BCUT2D eigenvalue weighted by Gasteiger charge is 2.27. The van der Waals surface area contributed by atoms with E-state index in [-0.39, 0.29) is 17.7 Å². The van der Waals surface area contributed by atoms with Gasteiger partial charge >= 0.3 is 0 Å². The van der Waals surface area contributed by atoms with Crippen LogP contribution < -0.4 is 0 Å².